The van der Waals surface area contributed by atoms with Crippen LogP contribution in [0.1, 0.15) is 32.8 Å². The van der Waals surface area contributed by atoms with E-state index in [0.29, 0.717) is 0 Å². The van der Waals surface area contributed by atoms with Crippen molar-refractivity contribution < 1.29 is 22.7 Å². The third-order valence-corrected chi connectivity index (χ3v) is 7.69. The van der Waals surface area contributed by atoms with Gasteiger partial charge in [0.15, 0.2) is 9.84 Å². The predicted octanol–water partition coefficient (Wildman–Crippen LogP) is 3.00. The Bertz CT molecular complexity index is 679. The third-order valence-electron chi connectivity index (χ3n) is 3.76. The highest BCUT2D eigenvalue weighted by molar-refractivity contribution is 8.13. The molecular formula is C17H24O5S2. The number of Topliss-reactive ketones (excluding diaryl/α,β-unsaturated/α-hetero) is 1. The quantitative estimate of drug-likeness (QED) is 0.653. The van der Waals surface area contributed by atoms with E-state index in [-0.39, 0.29) is 17.1 Å². The fraction of sp³-hybridized carbons (Fsp3) is 0.529. The highest BCUT2D eigenvalue weighted by atomic mass is 32.3. The molecule has 0 saturated carbocycles. The molecule has 0 N–H and O–H groups in total. The molecule has 0 aromatic heterocycles. The molecule has 5 nitrogen and oxygen atoms in total. The molecule has 0 spiro atoms. The van der Waals surface area contributed by atoms with Crippen LogP contribution in [0.4, 0.5) is 0 Å². The number of hydrogen-bond donors (Lipinski definition) is 0. The summed E-state index contributed by atoms with van der Waals surface area (Å²) in [5.41, 5.74) is 0.948. The summed E-state index contributed by atoms with van der Waals surface area (Å²) < 4.78 is 30.1. The Morgan fingerprint density at radius 3 is 2.17 bits per heavy atom. The first-order chi connectivity index (χ1) is 11.1. The maximum absolute atomic E-state index is 13.0. The van der Waals surface area contributed by atoms with Crippen molar-refractivity contribution in [3.63, 3.8) is 0 Å². The van der Waals surface area contributed by atoms with Gasteiger partial charge in [-0.2, -0.15) is 0 Å². The van der Waals surface area contributed by atoms with Crippen LogP contribution in [0.25, 0.3) is 0 Å². The van der Waals surface area contributed by atoms with E-state index in [1.807, 2.05) is 6.92 Å². The fourth-order valence-electron chi connectivity index (χ4n) is 2.53. The lowest BCUT2D eigenvalue weighted by molar-refractivity contribution is -0.149. The van der Waals surface area contributed by atoms with Gasteiger partial charge in [-0.15, -0.1) is 11.8 Å². The molecule has 7 heteroatoms. The van der Waals surface area contributed by atoms with Crippen LogP contribution >= 0.6 is 11.8 Å². The summed E-state index contributed by atoms with van der Waals surface area (Å²) >= 11 is 1.08. The van der Waals surface area contributed by atoms with Crippen molar-refractivity contribution in [1.82, 2.24) is 0 Å². The van der Waals surface area contributed by atoms with E-state index < -0.39 is 32.4 Å². The van der Waals surface area contributed by atoms with Crippen LogP contribution < -0.4 is 0 Å². The van der Waals surface area contributed by atoms with Crippen molar-refractivity contribution in [2.75, 3.05) is 6.26 Å². The zero-order chi connectivity index (χ0) is 18.5. The summed E-state index contributed by atoms with van der Waals surface area (Å²) in [5, 5.41) is 0. The van der Waals surface area contributed by atoms with Gasteiger partial charge in [0.1, 0.15) is 16.5 Å². The normalized spacial score (nSPS) is 15.4. The minimum Gasteiger partial charge on any atom is -0.462 e. The second kappa shape index (κ2) is 8.67. The van der Waals surface area contributed by atoms with Gasteiger partial charge in [-0.1, -0.05) is 24.6 Å². The predicted molar refractivity (Wildman–Crippen MR) is 95.7 cm³/mol. The molecule has 0 bridgehead atoms. The van der Waals surface area contributed by atoms with E-state index in [1.165, 1.54) is 19.1 Å². The average Bonchev–Trinajstić information content (AvgIpc) is 2.51. The number of thioether (sulfide) groups is 1. The molecule has 0 aliphatic heterocycles. The standard InChI is InChI=1S/C17H24O5S2/c1-6-15(19)16(12(3)22-13(4)18)17(23-5)24(20,21)14-9-7-11(2)8-10-14/h7-10,12,16-17H,6H2,1-5H3/t12-,16-,17?/m1/s1. The van der Waals surface area contributed by atoms with Crippen LogP contribution in [-0.4, -0.2) is 37.1 Å². The second-order valence-corrected chi connectivity index (χ2v) is 8.97. The molecule has 3 atom stereocenters. The van der Waals surface area contributed by atoms with Crippen molar-refractivity contribution >= 4 is 33.4 Å². The number of rotatable bonds is 8. The number of benzene rings is 1. The molecule has 1 rings (SSSR count). The highest BCUT2D eigenvalue weighted by Crippen LogP contribution is 2.33. The first-order valence-corrected chi connectivity index (χ1v) is 10.5. The molecule has 0 heterocycles. The first kappa shape index (κ1) is 20.7. The van der Waals surface area contributed by atoms with Crippen molar-refractivity contribution in [2.45, 2.75) is 49.7 Å². The molecule has 1 aromatic carbocycles. The molecule has 0 fully saturated rings. The monoisotopic (exact) mass is 372 g/mol. The molecule has 0 amide bonds. The van der Waals surface area contributed by atoms with Crippen LogP contribution in [0, 0.1) is 12.8 Å². The molecule has 0 aliphatic rings. The van der Waals surface area contributed by atoms with Crippen molar-refractivity contribution in [2.24, 2.45) is 5.92 Å². The number of aryl methyl sites for hydroxylation is 1. The van der Waals surface area contributed by atoms with Crippen LogP contribution in [0.2, 0.25) is 0 Å². The highest BCUT2D eigenvalue weighted by Gasteiger charge is 2.42. The van der Waals surface area contributed by atoms with Crippen LogP contribution in [0.3, 0.4) is 0 Å². The first-order valence-electron chi connectivity index (χ1n) is 7.68. The molecule has 0 aliphatic carbocycles. The average molecular weight is 373 g/mol. The molecule has 24 heavy (non-hydrogen) atoms. The van der Waals surface area contributed by atoms with Gasteiger partial charge < -0.3 is 4.74 Å². The van der Waals surface area contributed by atoms with E-state index in [2.05, 4.69) is 0 Å². The number of carbonyl (C=O) groups excluding carboxylic acids is 2. The van der Waals surface area contributed by atoms with Crippen molar-refractivity contribution in [3.05, 3.63) is 29.8 Å². The van der Waals surface area contributed by atoms with Gasteiger partial charge in [0.25, 0.3) is 0 Å². The molecule has 134 valence electrons. The van der Waals surface area contributed by atoms with Gasteiger partial charge in [-0.3, -0.25) is 9.59 Å². The van der Waals surface area contributed by atoms with E-state index in [4.69, 9.17) is 4.74 Å². The fourth-order valence-corrected chi connectivity index (χ4v) is 6.09. The molecule has 1 aromatic rings. The van der Waals surface area contributed by atoms with E-state index in [9.17, 15) is 18.0 Å². The van der Waals surface area contributed by atoms with E-state index in [0.717, 1.165) is 17.3 Å². The van der Waals surface area contributed by atoms with Gasteiger partial charge in [0, 0.05) is 13.3 Å². The number of ketones is 1. The lowest BCUT2D eigenvalue weighted by atomic mass is 9.98. The lowest BCUT2D eigenvalue weighted by Crippen LogP contribution is -2.41. The molecular weight excluding hydrogens is 348 g/mol. The topological polar surface area (TPSA) is 77.5 Å². The molecule has 0 radical (unpaired) electrons. The van der Waals surface area contributed by atoms with Gasteiger partial charge in [0.2, 0.25) is 0 Å². The van der Waals surface area contributed by atoms with E-state index in [1.54, 1.807) is 32.2 Å². The summed E-state index contributed by atoms with van der Waals surface area (Å²) in [6.45, 7) is 6.35. The van der Waals surface area contributed by atoms with E-state index >= 15 is 0 Å². The summed E-state index contributed by atoms with van der Waals surface area (Å²) in [6, 6.07) is 6.52. The Morgan fingerprint density at radius 2 is 1.75 bits per heavy atom. The minimum absolute atomic E-state index is 0.163. The Balaban J connectivity index is 3.32. The van der Waals surface area contributed by atoms with Crippen molar-refractivity contribution in [1.29, 1.82) is 0 Å². The summed E-state index contributed by atoms with van der Waals surface area (Å²) in [7, 11) is -3.75. The van der Waals surface area contributed by atoms with Gasteiger partial charge >= 0.3 is 5.97 Å². The SMILES string of the molecule is CCC(=O)[C@H](C(SC)S(=O)(=O)c1ccc(C)cc1)[C@@H](C)OC(C)=O. The van der Waals surface area contributed by atoms with Crippen LogP contribution in [-0.2, 0) is 24.2 Å². The minimum atomic E-state index is -3.75. The van der Waals surface area contributed by atoms with Crippen LogP contribution in [0.5, 0.6) is 0 Å². The Labute approximate surface area is 148 Å². The smallest absolute Gasteiger partial charge is 0.302 e. The largest absolute Gasteiger partial charge is 0.462 e. The summed E-state index contributed by atoms with van der Waals surface area (Å²) in [5.74, 6) is -1.69. The Kier molecular flexibility index (Phi) is 7.48. The van der Waals surface area contributed by atoms with Crippen molar-refractivity contribution in [3.8, 4) is 0 Å². The number of esters is 1. The Hall–Kier alpha value is -1.34. The number of carbonyl (C=O) groups is 2. The number of sulfone groups is 1. The lowest BCUT2D eigenvalue weighted by Gasteiger charge is -2.29. The van der Waals surface area contributed by atoms with Crippen LogP contribution in [0.15, 0.2) is 29.2 Å². The summed E-state index contributed by atoms with van der Waals surface area (Å²) in [6.07, 6.45) is 1.01. The number of ether oxygens (including phenoxy) is 1. The summed E-state index contributed by atoms with van der Waals surface area (Å²) in [4.78, 5) is 23.8. The molecule has 0 saturated heterocycles. The zero-order valence-corrected chi connectivity index (χ0v) is 16.2. The zero-order valence-electron chi connectivity index (χ0n) is 14.6. The van der Waals surface area contributed by atoms with Gasteiger partial charge in [-0.05, 0) is 32.2 Å². The van der Waals surface area contributed by atoms with Gasteiger partial charge in [0.05, 0.1) is 10.8 Å². The maximum Gasteiger partial charge on any atom is 0.302 e. The molecule has 1 unspecified atom stereocenters. The maximum atomic E-state index is 13.0. The third kappa shape index (κ3) is 4.83. The second-order valence-electron chi connectivity index (χ2n) is 5.62. The Morgan fingerprint density at radius 1 is 1.21 bits per heavy atom. The van der Waals surface area contributed by atoms with Gasteiger partial charge in [-0.25, -0.2) is 8.42 Å². The number of hydrogen-bond acceptors (Lipinski definition) is 6.